The fourth-order valence-corrected chi connectivity index (χ4v) is 5.43. The van der Waals surface area contributed by atoms with E-state index in [4.69, 9.17) is 0 Å². The molecule has 1 saturated heterocycles. The zero-order valence-electron chi connectivity index (χ0n) is 17.4. The molecule has 0 spiro atoms. The van der Waals surface area contributed by atoms with Gasteiger partial charge in [-0.05, 0) is 58.7 Å². The van der Waals surface area contributed by atoms with Crippen molar-refractivity contribution >= 4 is 15.9 Å². The first kappa shape index (κ1) is 21.9. The van der Waals surface area contributed by atoms with Gasteiger partial charge in [0.25, 0.3) is 0 Å². The summed E-state index contributed by atoms with van der Waals surface area (Å²) < 4.78 is 27.6. The molecule has 1 fully saturated rings. The van der Waals surface area contributed by atoms with Crippen LogP contribution in [0.3, 0.4) is 0 Å². The van der Waals surface area contributed by atoms with Gasteiger partial charge in [0.15, 0.2) is 0 Å². The number of hydrogen-bond donors (Lipinski definition) is 0. The molecular weight excluding hydrogens is 362 g/mol. The summed E-state index contributed by atoms with van der Waals surface area (Å²) in [5.41, 5.74) is 1.70. The molecule has 1 aliphatic heterocycles. The summed E-state index contributed by atoms with van der Waals surface area (Å²) in [5, 5.41) is 0. The number of aryl methyl sites for hydroxylation is 2. The molecule has 0 atom stereocenters. The molecule has 1 aliphatic rings. The number of benzene rings is 1. The van der Waals surface area contributed by atoms with E-state index in [0.717, 1.165) is 11.1 Å². The molecule has 2 rings (SSSR count). The molecule has 0 aliphatic carbocycles. The number of rotatable bonds is 6. The molecule has 152 valence electrons. The molecular formula is C20H33N3O3S. The van der Waals surface area contributed by atoms with E-state index in [2.05, 4.69) is 4.90 Å². The number of amides is 1. The molecule has 27 heavy (non-hydrogen) atoms. The molecule has 0 radical (unpaired) electrons. The van der Waals surface area contributed by atoms with E-state index in [1.807, 2.05) is 58.6 Å². The van der Waals surface area contributed by atoms with Crippen molar-refractivity contribution in [3.63, 3.8) is 0 Å². The van der Waals surface area contributed by atoms with Crippen molar-refractivity contribution in [1.29, 1.82) is 0 Å². The lowest BCUT2D eigenvalue weighted by Crippen LogP contribution is -2.53. The maximum atomic E-state index is 13.0. The van der Waals surface area contributed by atoms with Gasteiger partial charge in [-0.25, -0.2) is 8.42 Å². The van der Waals surface area contributed by atoms with Crippen molar-refractivity contribution in [3.05, 3.63) is 29.3 Å². The van der Waals surface area contributed by atoms with Crippen molar-refractivity contribution in [1.82, 2.24) is 14.1 Å². The van der Waals surface area contributed by atoms with E-state index in [0.29, 0.717) is 37.6 Å². The van der Waals surface area contributed by atoms with E-state index >= 15 is 0 Å². The minimum absolute atomic E-state index is 0.103. The number of nitrogens with zero attached hydrogens (tertiary/aromatic N) is 3. The standard InChI is InChI=1S/C20H33N3O3S/c1-15(2)23(16(3)4)20(24)14-21-9-11-22(12-10-21)27(25,26)19-13-17(5)7-8-18(19)6/h7-8,13,15-16H,9-12,14H2,1-6H3. The van der Waals surface area contributed by atoms with E-state index < -0.39 is 10.0 Å². The van der Waals surface area contributed by atoms with Gasteiger partial charge in [0.2, 0.25) is 15.9 Å². The van der Waals surface area contributed by atoms with Gasteiger partial charge in [0.05, 0.1) is 11.4 Å². The average molecular weight is 396 g/mol. The molecule has 1 heterocycles. The van der Waals surface area contributed by atoms with Crippen molar-refractivity contribution in [2.45, 2.75) is 58.5 Å². The number of carbonyl (C=O) groups excluding carboxylic acids is 1. The van der Waals surface area contributed by atoms with Gasteiger partial charge in [-0.15, -0.1) is 0 Å². The van der Waals surface area contributed by atoms with E-state index in [9.17, 15) is 13.2 Å². The van der Waals surface area contributed by atoms with Gasteiger partial charge >= 0.3 is 0 Å². The first-order chi connectivity index (χ1) is 12.5. The second kappa shape index (κ2) is 8.71. The van der Waals surface area contributed by atoms with E-state index in [1.165, 1.54) is 0 Å². The van der Waals surface area contributed by atoms with Crippen molar-refractivity contribution < 1.29 is 13.2 Å². The largest absolute Gasteiger partial charge is 0.337 e. The summed E-state index contributed by atoms with van der Waals surface area (Å²) in [6, 6.07) is 5.83. The van der Waals surface area contributed by atoms with Crippen LogP contribution in [0, 0.1) is 13.8 Å². The second-order valence-corrected chi connectivity index (χ2v) is 9.84. The fourth-order valence-electron chi connectivity index (χ4n) is 3.70. The molecule has 0 unspecified atom stereocenters. The van der Waals surface area contributed by atoms with Gasteiger partial charge in [-0.2, -0.15) is 4.31 Å². The third-order valence-corrected chi connectivity index (χ3v) is 7.09. The van der Waals surface area contributed by atoms with E-state index in [-0.39, 0.29) is 18.0 Å². The summed E-state index contributed by atoms with van der Waals surface area (Å²) >= 11 is 0. The minimum atomic E-state index is -3.50. The van der Waals surface area contributed by atoms with Crippen molar-refractivity contribution in [2.24, 2.45) is 0 Å². The van der Waals surface area contributed by atoms with Crippen LogP contribution in [0.2, 0.25) is 0 Å². The maximum absolute atomic E-state index is 13.0. The number of sulfonamides is 1. The van der Waals surface area contributed by atoms with Gasteiger partial charge in [0.1, 0.15) is 0 Å². The SMILES string of the molecule is Cc1ccc(C)c(S(=O)(=O)N2CCN(CC(=O)N(C(C)C)C(C)C)CC2)c1. The van der Waals surface area contributed by atoms with Gasteiger partial charge in [-0.1, -0.05) is 12.1 Å². The van der Waals surface area contributed by atoms with Crippen LogP contribution in [-0.4, -0.2) is 73.2 Å². The molecule has 1 amide bonds. The Bertz CT molecular complexity index is 759. The molecule has 7 heteroatoms. The summed E-state index contributed by atoms with van der Waals surface area (Å²) in [4.78, 5) is 17.0. The van der Waals surface area contributed by atoms with Gasteiger partial charge in [-0.3, -0.25) is 9.69 Å². The highest BCUT2D eigenvalue weighted by Crippen LogP contribution is 2.22. The third kappa shape index (κ3) is 5.09. The second-order valence-electron chi connectivity index (χ2n) is 7.94. The Morgan fingerprint density at radius 3 is 2.11 bits per heavy atom. The van der Waals surface area contributed by atoms with Crippen LogP contribution in [0.4, 0.5) is 0 Å². The first-order valence-electron chi connectivity index (χ1n) is 9.65. The molecule has 1 aromatic carbocycles. The monoisotopic (exact) mass is 395 g/mol. The lowest BCUT2D eigenvalue weighted by molar-refractivity contribution is -0.136. The van der Waals surface area contributed by atoms with Crippen LogP contribution in [0.5, 0.6) is 0 Å². The van der Waals surface area contributed by atoms with Crippen LogP contribution < -0.4 is 0 Å². The highest BCUT2D eigenvalue weighted by Gasteiger charge is 2.31. The van der Waals surface area contributed by atoms with E-state index in [1.54, 1.807) is 10.4 Å². The molecule has 0 aromatic heterocycles. The molecule has 1 aromatic rings. The van der Waals surface area contributed by atoms with Crippen LogP contribution in [0.15, 0.2) is 23.1 Å². The predicted molar refractivity (Wildman–Crippen MR) is 108 cm³/mol. The van der Waals surface area contributed by atoms with Gasteiger partial charge < -0.3 is 4.90 Å². The Labute approximate surface area is 164 Å². The van der Waals surface area contributed by atoms with Gasteiger partial charge in [0, 0.05) is 38.3 Å². The van der Waals surface area contributed by atoms with Crippen LogP contribution >= 0.6 is 0 Å². The van der Waals surface area contributed by atoms with Crippen LogP contribution in [0.25, 0.3) is 0 Å². The third-order valence-electron chi connectivity index (χ3n) is 5.05. The normalized spacial score (nSPS) is 16.9. The average Bonchev–Trinajstić information content (AvgIpc) is 2.56. The molecule has 0 bridgehead atoms. The first-order valence-corrected chi connectivity index (χ1v) is 11.1. The quantitative estimate of drug-likeness (QED) is 0.741. The summed E-state index contributed by atoms with van der Waals surface area (Å²) in [5.74, 6) is 0.103. The Hall–Kier alpha value is -1.44. The number of hydrogen-bond acceptors (Lipinski definition) is 4. The minimum Gasteiger partial charge on any atom is -0.337 e. The zero-order chi connectivity index (χ0) is 20.4. The highest BCUT2D eigenvalue weighted by molar-refractivity contribution is 7.89. The Kier molecular flexibility index (Phi) is 7.05. The van der Waals surface area contributed by atoms with Crippen molar-refractivity contribution in [2.75, 3.05) is 32.7 Å². The number of carbonyl (C=O) groups is 1. The highest BCUT2D eigenvalue weighted by atomic mass is 32.2. The zero-order valence-corrected chi connectivity index (χ0v) is 18.2. The summed E-state index contributed by atoms with van der Waals surface area (Å²) in [7, 11) is -3.50. The molecule has 0 N–H and O–H groups in total. The van der Waals surface area contributed by atoms with Crippen LogP contribution in [-0.2, 0) is 14.8 Å². The Morgan fingerprint density at radius 1 is 1.04 bits per heavy atom. The Balaban J connectivity index is 2.02. The predicted octanol–water partition coefficient (Wildman–Crippen LogP) is 2.26. The number of piperazine rings is 1. The van der Waals surface area contributed by atoms with Crippen LogP contribution in [0.1, 0.15) is 38.8 Å². The summed E-state index contributed by atoms with van der Waals surface area (Å²) in [6.45, 7) is 14.1. The summed E-state index contributed by atoms with van der Waals surface area (Å²) in [6.07, 6.45) is 0. The maximum Gasteiger partial charge on any atom is 0.243 e. The Morgan fingerprint density at radius 2 is 1.59 bits per heavy atom. The molecule has 0 saturated carbocycles. The fraction of sp³-hybridized carbons (Fsp3) is 0.650. The van der Waals surface area contributed by atoms with Crippen molar-refractivity contribution in [3.8, 4) is 0 Å². The smallest absolute Gasteiger partial charge is 0.243 e. The molecule has 6 nitrogen and oxygen atoms in total. The lowest BCUT2D eigenvalue weighted by atomic mass is 10.2. The topological polar surface area (TPSA) is 60.9 Å². The lowest BCUT2D eigenvalue weighted by Gasteiger charge is -2.37.